The highest BCUT2D eigenvalue weighted by Crippen LogP contribution is 2.28. The lowest BCUT2D eigenvalue weighted by Crippen LogP contribution is -2.51. The van der Waals surface area contributed by atoms with E-state index in [1.54, 1.807) is 0 Å². The summed E-state index contributed by atoms with van der Waals surface area (Å²) < 4.78 is 5.72. The summed E-state index contributed by atoms with van der Waals surface area (Å²) in [5, 5.41) is 6.62. The molecule has 1 aromatic rings. The molecular weight excluding hydrogens is 378 g/mol. The topological polar surface area (TPSA) is 69.2 Å². The van der Waals surface area contributed by atoms with Crippen LogP contribution in [0.2, 0.25) is 0 Å². The van der Waals surface area contributed by atoms with Gasteiger partial charge < -0.3 is 20.3 Å². The van der Waals surface area contributed by atoms with Crippen molar-refractivity contribution in [2.75, 3.05) is 59.0 Å². The van der Waals surface area contributed by atoms with Crippen LogP contribution >= 0.6 is 0 Å². The average molecular weight is 416 g/mol. The van der Waals surface area contributed by atoms with Crippen molar-refractivity contribution in [2.45, 2.75) is 32.8 Å². The summed E-state index contributed by atoms with van der Waals surface area (Å²) in [7, 11) is 0. The number of ether oxygens (including phenoxy) is 1. The summed E-state index contributed by atoms with van der Waals surface area (Å²) in [6.45, 7) is 10.2. The van der Waals surface area contributed by atoms with Crippen molar-refractivity contribution in [3.8, 4) is 0 Å². The minimum atomic E-state index is 0.312. The molecule has 1 amide bonds. The van der Waals surface area contributed by atoms with Crippen LogP contribution in [0.5, 0.6) is 0 Å². The first-order valence-electron chi connectivity index (χ1n) is 11.4. The van der Waals surface area contributed by atoms with Gasteiger partial charge in [-0.2, -0.15) is 0 Å². The molecule has 0 atom stereocenters. The number of piperazine rings is 1. The van der Waals surface area contributed by atoms with E-state index in [2.05, 4.69) is 44.5 Å². The molecule has 3 rings (SSSR count). The summed E-state index contributed by atoms with van der Waals surface area (Å²) in [6.07, 6.45) is 3.40. The van der Waals surface area contributed by atoms with Crippen molar-refractivity contribution in [2.24, 2.45) is 10.9 Å². The number of aliphatic imine (C=N–C) groups is 1. The molecule has 0 radical (unpaired) electrons. The van der Waals surface area contributed by atoms with Crippen LogP contribution in [0.15, 0.2) is 35.3 Å². The quantitative estimate of drug-likeness (QED) is 0.346. The van der Waals surface area contributed by atoms with Crippen LogP contribution in [-0.2, 0) is 16.1 Å². The third-order valence-corrected chi connectivity index (χ3v) is 5.82. The third kappa shape index (κ3) is 7.29. The van der Waals surface area contributed by atoms with Crippen molar-refractivity contribution >= 4 is 11.9 Å². The third-order valence-electron chi connectivity index (χ3n) is 5.82. The van der Waals surface area contributed by atoms with Gasteiger partial charge in [0.1, 0.15) is 0 Å². The maximum Gasteiger partial charge on any atom is 0.225 e. The lowest BCUT2D eigenvalue weighted by molar-refractivity contribution is -0.139. The number of hydrogen-bond acceptors (Lipinski definition) is 4. The smallest absolute Gasteiger partial charge is 0.225 e. The number of nitrogens with zero attached hydrogens (tertiary/aromatic N) is 3. The molecule has 1 aromatic carbocycles. The number of carbonyl (C=O) groups excluding carboxylic acids is 1. The van der Waals surface area contributed by atoms with E-state index >= 15 is 0 Å². The number of amides is 1. The molecule has 2 fully saturated rings. The Morgan fingerprint density at radius 2 is 1.90 bits per heavy atom. The Bertz CT molecular complexity index is 655. The zero-order chi connectivity index (χ0) is 21.0. The van der Waals surface area contributed by atoms with Crippen molar-refractivity contribution in [3.05, 3.63) is 35.9 Å². The van der Waals surface area contributed by atoms with Gasteiger partial charge in [-0.05, 0) is 25.3 Å². The fourth-order valence-corrected chi connectivity index (χ4v) is 3.76. The van der Waals surface area contributed by atoms with Crippen LogP contribution in [0.4, 0.5) is 0 Å². The predicted molar refractivity (Wildman–Crippen MR) is 120 cm³/mol. The molecule has 0 spiro atoms. The molecule has 0 bridgehead atoms. The van der Waals surface area contributed by atoms with Crippen molar-refractivity contribution in [1.29, 1.82) is 0 Å². The second kappa shape index (κ2) is 12.5. The van der Waals surface area contributed by atoms with Gasteiger partial charge in [0.15, 0.2) is 5.96 Å². The fourth-order valence-electron chi connectivity index (χ4n) is 3.76. The summed E-state index contributed by atoms with van der Waals surface area (Å²) in [4.78, 5) is 21.5. The number of carbonyl (C=O) groups is 1. The van der Waals surface area contributed by atoms with Gasteiger partial charge in [-0.1, -0.05) is 36.8 Å². The van der Waals surface area contributed by atoms with Crippen LogP contribution in [0.25, 0.3) is 0 Å². The van der Waals surface area contributed by atoms with Gasteiger partial charge in [-0.15, -0.1) is 0 Å². The SMILES string of the molecule is CCNC(=NCCN1CCN(C(=O)C2CCC2)CC1)NCCOCc1ccccc1. The van der Waals surface area contributed by atoms with Gasteiger partial charge in [-0.25, -0.2) is 0 Å². The monoisotopic (exact) mass is 415 g/mol. The molecule has 0 aromatic heterocycles. The number of rotatable bonds is 10. The Balaban J connectivity index is 1.29. The average Bonchev–Trinajstić information content (AvgIpc) is 2.73. The molecule has 166 valence electrons. The zero-order valence-corrected chi connectivity index (χ0v) is 18.3. The second-order valence-corrected chi connectivity index (χ2v) is 8.02. The highest BCUT2D eigenvalue weighted by molar-refractivity contribution is 5.80. The summed E-state index contributed by atoms with van der Waals surface area (Å²) >= 11 is 0. The van der Waals surface area contributed by atoms with Crippen molar-refractivity contribution in [1.82, 2.24) is 20.4 Å². The van der Waals surface area contributed by atoms with Crippen LogP contribution in [-0.4, -0.2) is 80.6 Å². The Labute approximate surface area is 180 Å². The first kappa shape index (κ1) is 22.6. The van der Waals surface area contributed by atoms with Gasteiger partial charge in [-0.3, -0.25) is 14.7 Å². The molecule has 0 unspecified atom stereocenters. The first-order chi connectivity index (χ1) is 14.8. The van der Waals surface area contributed by atoms with Crippen LogP contribution in [0, 0.1) is 5.92 Å². The Morgan fingerprint density at radius 3 is 2.57 bits per heavy atom. The van der Waals surface area contributed by atoms with Crippen LogP contribution in [0.3, 0.4) is 0 Å². The van der Waals surface area contributed by atoms with E-state index in [0.717, 1.165) is 71.2 Å². The first-order valence-corrected chi connectivity index (χ1v) is 11.4. The Hall–Kier alpha value is -2.12. The Kier molecular flexibility index (Phi) is 9.44. The molecule has 1 aliphatic carbocycles. The largest absolute Gasteiger partial charge is 0.375 e. The lowest BCUT2D eigenvalue weighted by atomic mass is 9.84. The van der Waals surface area contributed by atoms with E-state index in [4.69, 9.17) is 4.74 Å². The molecule has 1 aliphatic heterocycles. The number of benzene rings is 1. The van der Waals surface area contributed by atoms with E-state index in [1.165, 1.54) is 12.0 Å². The molecule has 7 nitrogen and oxygen atoms in total. The maximum atomic E-state index is 12.3. The summed E-state index contributed by atoms with van der Waals surface area (Å²) in [5.74, 6) is 1.53. The number of nitrogens with one attached hydrogen (secondary N) is 2. The second-order valence-electron chi connectivity index (χ2n) is 8.02. The lowest BCUT2D eigenvalue weighted by Gasteiger charge is -2.38. The van der Waals surface area contributed by atoms with E-state index in [9.17, 15) is 4.79 Å². The maximum absolute atomic E-state index is 12.3. The number of guanidine groups is 1. The normalized spacial score (nSPS) is 18.2. The highest BCUT2D eigenvalue weighted by atomic mass is 16.5. The molecule has 7 heteroatoms. The van der Waals surface area contributed by atoms with Crippen LogP contribution < -0.4 is 10.6 Å². The highest BCUT2D eigenvalue weighted by Gasteiger charge is 2.30. The molecule has 1 saturated carbocycles. The minimum absolute atomic E-state index is 0.312. The number of hydrogen-bond donors (Lipinski definition) is 2. The summed E-state index contributed by atoms with van der Waals surface area (Å²) in [5.41, 5.74) is 1.19. The van der Waals surface area contributed by atoms with Gasteiger partial charge in [0.25, 0.3) is 0 Å². The van der Waals surface area contributed by atoms with Gasteiger partial charge in [0.05, 0.1) is 19.8 Å². The standard InChI is InChI=1S/C23H37N5O2/c1-2-24-23(26-12-18-30-19-20-7-4-3-5-8-20)25-11-13-27-14-16-28(17-15-27)22(29)21-9-6-10-21/h3-5,7-8,21H,2,6,9-19H2,1H3,(H2,24,25,26). The molecule has 30 heavy (non-hydrogen) atoms. The van der Waals surface area contributed by atoms with Gasteiger partial charge in [0.2, 0.25) is 5.91 Å². The van der Waals surface area contributed by atoms with E-state index in [1.807, 2.05) is 18.2 Å². The van der Waals surface area contributed by atoms with Crippen molar-refractivity contribution in [3.63, 3.8) is 0 Å². The van der Waals surface area contributed by atoms with E-state index in [-0.39, 0.29) is 0 Å². The van der Waals surface area contributed by atoms with Gasteiger partial charge >= 0.3 is 0 Å². The molecule has 1 saturated heterocycles. The summed E-state index contributed by atoms with van der Waals surface area (Å²) in [6, 6.07) is 10.2. The Morgan fingerprint density at radius 1 is 1.13 bits per heavy atom. The van der Waals surface area contributed by atoms with Crippen molar-refractivity contribution < 1.29 is 9.53 Å². The van der Waals surface area contributed by atoms with Crippen LogP contribution in [0.1, 0.15) is 31.7 Å². The molecule has 1 heterocycles. The zero-order valence-electron chi connectivity index (χ0n) is 18.3. The molecule has 2 aliphatic rings. The van der Waals surface area contributed by atoms with E-state index < -0.39 is 0 Å². The molecular formula is C23H37N5O2. The molecule has 2 N–H and O–H groups in total. The van der Waals surface area contributed by atoms with E-state index in [0.29, 0.717) is 25.0 Å². The van der Waals surface area contributed by atoms with Gasteiger partial charge in [0, 0.05) is 51.7 Å². The minimum Gasteiger partial charge on any atom is -0.375 e. The fraction of sp³-hybridized carbons (Fsp3) is 0.652. The predicted octanol–water partition coefficient (Wildman–Crippen LogP) is 1.70.